The molecule has 0 radical (unpaired) electrons. The van der Waals surface area contributed by atoms with Crippen LogP contribution in [0.3, 0.4) is 0 Å². The third-order valence-corrected chi connectivity index (χ3v) is 1.74. The van der Waals surface area contributed by atoms with E-state index < -0.39 is 10.1 Å². The molecule has 2 aromatic rings. The van der Waals surface area contributed by atoms with Gasteiger partial charge in [-0.15, -0.1) is 0 Å². The van der Waals surface area contributed by atoms with E-state index in [9.17, 15) is 8.42 Å². The Balaban J connectivity index is 0. The van der Waals surface area contributed by atoms with Crippen LogP contribution < -0.4 is 0 Å². The van der Waals surface area contributed by atoms with E-state index in [1.807, 2.05) is 60.7 Å². The molecular formula is C12H14FeO3S-6. The third-order valence-electron chi connectivity index (χ3n) is 1.32. The van der Waals surface area contributed by atoms with E-state index in [-0.39, 0.29) is 17.1 Å². The average molecular weight is 294 g/mol. The molecule has 0 aliphatic carbocycles. The van der Waals surface area contributed by atoms with Crippen LogP contribution in [-0.2, 0) is 27.2 Å². The van der Waals surface area contributed by atoms with Gasteiger partial charge in [-0.1, -0.05) is 6.58 Å². The Morgan fingerprint density at radius 3 is 1.41 bits per heavy atom. The van der Waals surface area contributed by atoms with Gasteiger partial charge in [0.1, 0.15) is 0 Å². The standard InChI is InChI=1S/2C5H5.C2H4O3S.Fe/c2*1-2-4-5-3-1;1-2-6(3,4)5;/h2*1-5H;2H,1H2,(H,3,4,5);/q-5;-1;;. The van der Waals surface area contributed by atoms with Crippen molar-refractivity contribution in [2.75, 3.05) is 0 Å². The summed E-state index contributed by atoms with van der Waals surface area (Å²) >= 11 is 0. The normalized spacial score (nSPS) is 8.53. The maximum Gasteiger partial charge on any atom is 0.287 e. The molecule has 0 bridgehead atoms. The van der Waals surface area contributed by atoms with Crippen LogP contribution in [0.2, 0.25) is 0 Å². The Labute approximate surface area is 113 Å². The van der Waals surface area contributed by atoms with Gasteiger partial charge in [0.15, 0.2) is 0 Å². The summed E-state index contributed by atoms with van der Waals surface area (Å²) in [6, 6.07) is 20.0. The molecule has 0 spiro atoms. The minimum Gasteiger partial charge on any atom is -0.748 e. The summed E-state index contributed by atoms with van der Waals surface area (Å²) < 4.78 is 26.6. The van der Waals surface area contributed by atoms with Crippen LogP contribution in [0, 0.1) is 0 Å². The summed E-state index contributed by atoms with van der Waals surface area (Å²) in [5.74, 6) is 0. The van der Waals surface area contributed by atoms with Crippen molar-refractivity contribution in [1.29, 1.82) is 0 Å². The molecule has 0 fully saturated rings. The second kappa shape index (κ2) is 11.4. The molecule has 0 aromatic heterocycles. The molecule has 1 N–H and O–H groups in total. The monoisotopic (exact) mass is 294 g/mol. The Morgan fingerprint density at radius 2 is 1.29 bits per heavy atom. The van der Waals surface area contributed by atoms with Gasteiger partial charge in [0.05, 0.1) is 5.41 Å². The topological polar surface area (TPSA) is 54.4 Å². The zero-order chi connectivity index (χ0) is 12.3. The van der Waals surface area contributed by atoms with Crippen molar-refractivity contribution in [2.24, 2.45) is 0 Å². The summed E-state index contributed by atoms with van der Waals surface area (Å²) in [4.78, 5) is 0. The first kappa shape index (κ1) is 18.2. The van der Waals surface area contributed by atoms with E-state index >= 15 is 0 Å². The van der Waals surface area contributed by atoms with Gasteiger partial charge in [0.25, 0.3) is 10.1 Å². The quantitative estimate of drug-likeness (QED) is 0.500. The van der Waals surface area contributed by atoms with Crippen LogP contribution in [0.1, 0.15) is 0 Å². The maximum absolute atomic E-state index is 9.44. The van der Waals surface area contributed by atoms with Crippen molar-refractivity contribution in [3.63, 3.8) is 0 Å². The minimum absolute atomic E-state index is 0. The van der Waals surface area contributed by atoms with Crippen molar-refractivity contribution in [2.45, 2.75) is 0 Å². The second-order valence-electron chi connectivity index (χ2n) is 2.61. The zero-order valence-electron chi connectivity index (χ0n) is 9.08. The van der Waals surface area contributed by atoms with Crippen LogP contribution in [-0.4, -0.2) is 13.0 Å². The fourth-order valence-corrected chi connectivity index (χ4v) is 0.642. The second-order valence-corrected chi connectivity index (χ2v) is 3.97. The minimum atomic E-state index is -3.90. The van der Waals surface area contributed by atoms with Crippen LogP contribution in [0.15, 0.2) is 72.7 Å². The van der Waals surface area contributed by atoms with Gasteiger partial charge in [-0.25, -0.2) is 12.1 Å². The van der Waals surface area contributed by atoms with Crippen molar-refractivity contribution in [3.8, 4) is 0 Å². The molecule has 0 saturated carbocycles. The van der Waals surface area contributed by atoms with Gasteiger partial charge in [-0.3, -0.25) is 4.55 Å². The first-order valence-corrected chi connectivity index (χ1v) is 6.00. The van der Waals surface area contributed by atoms with Crippen LogP contribution in [0.25, 0.3) is 0 Å². The van der Waals surface area contributed by atoms with Gasteiger partial charge >= 0.3 is 0 Å². The van der Waals surface area contributed by atoms with Gasteiger partial charge < -0.3 is 30.3 Å². The summed E-state index contributed by atoms with van der Waals surface area (Å²) in [5.41, 5.74) is 0. The van der Waals surface area contributed by atoms with Crippen LogP contribution in [0.4, 0.5) is 0 Å². The van der Waals surface area contributed by atoms with E-state index in [0.717, 1.165) is 0 Å². The van der Waals surface area contributed by atoms with E-state index in [1.54, 1.807) is 0 Å². The van der Waals surface area contributed by atoms with Crippen LogP contribution in [0.5, 0.6) is 0 Å². The fourth-order valence-electron chi connectivity index (χ4n) is 0.642. The number of hydrogen-bond acceptors (Lipinski definition) is 2. The molecule has 0 unspecified atom stereocenters. The molecule has 3 nitrogen and oxygen atoms in total. The summed E-state index contributed by atoms with van der Waals surface area (Å²) in [5, 5.41) is 0.465. The Hall–Kier alpha value is -1.13. The third kappa shape index (κ3) is 17.5. The molecule has 0 aliphatic rings. The Bertz CT molecular complexity index is 358. The molecule has 0 aliphatic heterocycles. The summed E-state index contributed by atoms with van der Waals surface area (Å²) in [6.07, 6.45) is 0. The summed E-state index contributed by atoms with van der Waals surface area (Å²) in [7, 11) is -3.90. The van der Waals surface area contributed by atoms with Gasteiger partial charge in [-0.05, 0) is 0 Å². The number of hydrogen-bond donors (Lipinski definition) is 1. The van der Waals surface area contributed by atoms with Crippen molar-refractivity contribution < 1.29 is 30.0 Å². The SMILES string of the molecule is C=CS(=O)(=O)O.[Fe].[cH-]1[cH-][cH-][cH-][cH-]1.c1cc[cH-]c1. The molecule has 0 amide bonds. The molecule has 17 heavy (non-hydrogen) atoms. The van der Waals surface area contributed by atoms with Crippen LogP contribution >= 0.6 is 0 Å². The molecule has 0 saturated heterocycles. The Kier molecular flexibility index (Phi) is 12.2. The van der Waals surface area contributed by atoms with Gasteiger partial charge in [0.2, 0.25) is 0 Å². The predicted octanol–water partition coefficient (Wildman–Crippen LogP) is 2.83. The average Bonchev–Trinajstić information content (AvgIpc) is 2.95. The van der Waals surface area contributed by atoms with Gasteiger partial charge in [0, 0.05) is 17.1 Å². The Morgan fingerprint density at radius 1 is 1.00 bits per heavy atom. The molecule has 5 heteroatoms. The molecule has 100 valence electrons. The largest absolute Gasteiger partial charge is 0.748 e. The maximum atomic E-state index is 9.44. The first-order valence-electron chi connectivity index (χ1n) is 4.49. The van der Waals surface area contributed by atoms with E-state index in [0.29, 0.717) is 5.41 Å². The molecule has 2 rings (SSSR count). The van der Waals surface area contributed by atoms with E-state index in [2.05, 4.69) is 6.58 Å². The molecule has 0 atom stereocenters. The van der Waals surface area contributed by atoms with E-state index in [4.69, 9.17) is 4.55 Å². The number of rotatable bonds is 1. The zero-order valence-corrected chi connectivity index (χ0v) is 11.0. The smallest absolute Gasteiger partial charge is 0.287 e. The van der Waals surface area contributed by atoms with Gasteiger partial charge in [-0.2, -0.15) is 26.6 Å². The molecular weight excluding hydrogens is 280 g/mol. The van der Waals surface area contributed by atoms with Crippen molar-refractivity contribution in [1.82, 2.24) is 0 Å². The van der Waals surface area contributed by atoms with E-state index in [1.165, 1.54) is 0 Å². The summed E-state index contributed by atoms with van der Waals surface area (Å²) in [6.45, 7) is 2.79. The van der Waals surface area contributed by atoms with Crippen molar-refractivity contribution in [3.05, 3.63) is 72.7 Å². The first-order chi connectivity index (χ1) is 7.56. The molecule has 2 aromatic carbocycles. The van der Waals surface area contributed by atoms with Crippen molar-refractivity contribution >= 4 is 10.1 Å². The predicted molar refractivity (Wildman–Crippen MR) is 65.8 cm³/mol. The molecule has 0 heterocycles. The fraction of sp³-hybridized carbons (Fsp3) is 0.